The number of nitrogens with one attached hydrogen (secondary N) is 2. The lowest BCUT2D eigenvalue weighted by atomic mass is 10.3. The molecule has 1 heterocycles. The molecule has 0 bridgehead atoms. The van der Waals surface area contributed by atoms with Gasteiger partial charge in [0.15, 0.2) is 0 Å². The summed E-state index contributed by atoms with van der Waals surface area (Å²) in [5.41, 5.74) is 0.976. The Morgan fingerprint density at radius 2 is 2.00 bits per heavy atom. The summed E-state index contributed by atoms with van der Waals surface area (Å²) in [6, 6.07) is 4.41. The summed E-state index contributed by atoms with van der Waals surface area (Å²) in [6.45, 7) is 9.18. The first-order valence-electron chi connectivity index (χ1n) is 7.08. The Morgan fingerprint density at radius 1 is 1.25 bits per heavy atom. The van der Waals surface area contributed by atoms with Crippen LogP contribution in [-0.2, 0) is 11.3 Å². The van der Waals surface area contributed by atoms with Gasteiger partial charge < -0.3 is 15.4 Å². The van der Waals surface area contributed by atoms with Gasteiger partial charge in [-0.25, -0.2) is 0 Å². The molecule has 5 nitrogen and oxygen atoms in total. The normalized spacial score (nSPS) is 10.9. The van der Waals surface area contributed by atoms with E-state index in [0.29, 0.717) is 24.8 Å². The van der Waals surface area contributed by atoms with E-state index in [9.17, 15) is 4.79 Å². The summed E-state index contributed by atoms with van der Waals surface area (Å²) in [6.07, 6.45) is 2.05. The standard InChI is InChI=1S/C15H25N3O2/c1-11(2)16-9-13-5-6-14(10-17-13)20-8-7-15(19)18-12(3)4/h5-6,10-12,16H,7-9H2,1-4H3,(H,18,19). The van der Waals surface area contributed by atoms with Gasteiger partial charge in [-0.15, -0.1) is 0 Å². The number of aromatic nitrogens is 1. The van der Waals surface area contributed by atoms with E-state index in [2.05, 4.69) is 29.5 Å². The Bertz CT molecular complexity index is 402. The summed E-state index contributed by atoms with van der Waals surface area (Å²) in [5.74, 6) is 0.696. The Balaban J connectivity index is 2.29. The molecular formula is C15H25N3O2. The van der Waals surface area contributed by atoms with Gasteiger partial charge in [-0.05, 0) is 26.0 Å². The molecule has 0 saturated carbocycles. The molecule has 0 unspecified atom stereocenters. The van der Waals surface area contributed by atoms with Crippen molar-refractivity contribution in [2.24, 2.45) is 0 Å². The van der Waals surface area contributed by atoms with Crippen LogP contribution < -0.4 is 15.4 Å². The highest BCUT2D eigenvalue weighted by Gasteiger charge is 2.04. The van der Waals surface area contributed by atoms with E-state index in [0.717, 1.165) is 12.2 Å². The fraction of sp³-hybridized carbons (Fsp3) is 0.600. The molecule has 0 fully saturated rings. The summed E-state index contributed by atoms with van der Waals surface area (Å²) in [4.78, 5) is 15.7. The lowest BCUT2D eigenvalue weighted by Crippen LogP contribution is -2.31. The van der Waals surface area contributed by atoms with Gasteiger partial charge in [-0.1, -0.05) is 13.8 Å². The fourth-order valence-electron chi connectivity index (χ4n) is 1.57. The molecule has 0 aliphatic rings. The second-order valence-electron chi connectivity index (χ2n) is 5.34. The first kappa shape index (κ1) is 16.4. The Labute approximate surface area is 121 Å². The number of amides is 1. The van der Waals surface area contributed by atoms with Crippen molar-refractivity contribution in [3.8, 4) is 5.75 Å². The Hall–Kier alpha value is -1.62. The van der Waals surface area contributed by atoms with Crippen molar-refractivity contribution in [3.05, 3.63) is 24.0 Å². The lowest BCUT2D eigenvalue weighted by Gasteiger charge is -2.10. The summed E-state index contributed by atoms with van der Waals surface area (Å²) < 4.78 is 5.50. The maximum atomic E-state index is 11.4. The third kappa shape index (κ3) is 7.09. The van der Waals surface area contributed by atoms with Crippen LogP contribution in [0.1, 0.15) is 39.8 Å². The zero-order chi connectivity index (χ0) is 15.0. The van der Waals surface area contributed by atoms with Gasteiger partial charge in [0.2, 0.25) is 5.91 Å². The number of nitrogens with zero attached hydrogens (tertiary/aromatic N) is 1. The van der Waals surface area contributed by atoms with Crippen molar-refractivity contribution >= 4 is 5.91 Å². The van der Waals surface area contributed by atoms with E-state index >= 15 is 0 Å². The topological polar surface area (TPSA) is 63.2 Å². The molecule has 112 valence electrons. The van der Waals surface area contributed by atoms with E-state index < -0.39 is 0 Å². The molecule has 1 aromatic heterocycles. The molecule has 0 aliphatic carbocycles. The quantitative estimate of drug-likeness (QED) is 0.762. The minimum atomic E-state index is 0.00529. The number of ether oxygens (including phenoxy) is 1. The Morgan fingerprint density at radius 3 is 2.55 bits per heavy atom. The van der Waals surface area contributed by atoms with Gasteiger partial charge in [-0.3, -0.25) is 9.78 Å². The number of carbonyl (C=O) groups is 1. The van der Waals surface area contributed by atoms with Crippen LogP contribution in [0.4, 0.5) is 0 Å². The largest absolute Gasteiger partial charge is 0.491 e. The SMILES string of the molecule is CC(C)NCc1ccc(OCCC(=O)NC(C)C)cn1. The smallest absolute Gasteiger partial charge is 0.223 e. The third-order valence-corrected chi connectivity index (χ3v) is 2.54. The lowest BCUT2D eigenvalue weighted by molar-refractivity contribution is -0.122. The van der Waals surface area contributed by atoms with Crippen LogP contribution in [0.5, 0.6) is 5.75 Å². The summed E-state index contributed by atoms with van der Waals surface area (Å²) in [7, 11) is 0. The summed E-state index contributed by atoms with van der Waals surface area (Å²) >= 11 is 0. The van der Waals surface area contributed by atoms with Crippen molar-refractivity contribution in [2.45, 2.75) is 52.7 Å². The van der Waals surface area contributed by atoms with Crippen molar-refractivity contribution in [3.63, 3.8) is 0 Å². The van der Waals surface area contributed by atoms with Crippen LogP contribution in [0.25, 0.3) is 0 Å². The maximum absolute atomic E-state index is 11.4. The van der Waals surface area contributed by atoms with Crippen LogP contribution in [0.15, 0.2) is 18.3 Å². The van der Waals surface area contributed by atoms with Gasteiger partial charge in [0.05, 0.1) is 24.9 Å². The first-order chi connectivity index (χ1) is 9.47. The minimum absolute atomic E-state index is 0.00529. The molecular weight excluding hydrogens is 254 g/mol. The highest BCUT2D eigenvalue weighted by atomic mass is 16.5. The van der Waals surface area contributed by atoms with Crippen LogP contribution in [0.2, 0.25) is 0 Å². The Kier molecular flexibility index (Phi) is 7.01. The van der Waals surface area contributed by atoms with Gasteiger partial charge in [0, 0.05) is 18.6 Å². The van der Waals surface area contributed by atoms with Crippen molar-refractivity contribution in [2.75, 3.05) is 6.61 Å². The van der Waals surface area contributed by atoms with Crippen LogP contribution in [0.3, 0.4) is 0 Å². The highest BCUT2D eigenvalue weighted by molar-refractivity contribution is 5.76. The van der Waals surface area contributed by atoms with E-state index in [1.54, 1.807) is 6.20 Å². The molecule has 0 saturated heterocycles. The van der Waals surface area contributed by atoms with E-state index in [1.165, 1.54) is 0 Å². The van der Waals surface area contributed by atoms with E-state index in [1.807, 2.05) is 26.0 Å². The average molecular weight is 279 g/mol. The molecule has 1 aromatic rings. The fourth-order valence-corrected chi connectivity index (χ4v) is 1.57. The van der Waals surface area contributed by atoms with Gasteiger partial charge >= 0.3 is 0 Å². The molecule has 0 aromatic carbocycles. The van der Waals surface area contributed by atoms with Gasteiger partial charge in [0.1, 0.15) is 5.75 Å². The molecule has 0 spiro atoms. The van der Waals surface area contributed by atoms with Gasteiger partial charge in [0.25, 0.3) is 0 Å². The van der Waals surface area contributed by atoms with Crippen molar-refractivity contribution in [1.82, 2.24) is 15.6 Å². The van der Waals surface area contributed by atoms with Crippen molar-refractivity contribution in [1.29, 1.82) is 0 Å². The first-order valence-corrected chi connectivity index (χ1v) is 7.08. The average Bonchev–Trinajstić information content (AvgIpc) is 2.37. The molecule has 1 amide bonds. The summed E-state index contributed by atoms with van der Waals surface area (Å²) in [5, 5.41) is 6.12. The van der Waals surface area contributed by atoms with Gasteiger partial charge in [-0.2, -0.15) is 0 Å². The number of hydrogen-bond donors (Lipinski definition) is 2. The van der Waals surface area contributed by atoms with Crippen LogP contribution in [-0.4, -0.2) is 29.6 Å². The third-order valence-electron chi connectivity index (χ3n) is 2.54. The molecule has 0 aliphatic heterocycles. The molecule has 20 heavy (non-hydrogen) atoms. The monoisotopic (exact) mass is 279 g/mol. The number of hydrogen-bond acceptors (Lipinski definition) is 4. The predicted molar refractivity (Wildman–Crippen MR) is 79.6 cm³/mol. The number of pyridine rings is 1. The molecule has 0 atom stereocenters. The molecule has 2 N–H and O–H groups in total. The van der Waals surface area contributed by atoms with E-state index in [4.69, 9.17) is 4.74 Å². The second-order valence-corrected chi connectivity index (χ2v) is 5.34. The van der Waals surface area contributed by atoms with Crippen molar-refractivity contribution < 1.29 is 9.53 Å². The molecule has 0 radical (unpaired) electrons. The van der Waals surface area contributed by atoms with Crippen LogP contribution in [0, 0.1) is 0 Å². The molecule has 1 rings (SSSR count). The number of rotatable bonds is 8. The van der Waals surface area contributed by atoms with E-state index in [-0.39, 0.29) is 11.9 Å². The molecule has 5 heteroatoms. The minimum Gasteiger partial charge on any atom is -0.491 e. The second kappa shape index (κ2) is 8.53. The highest BCUT2D eigenvalue weighted by Crippen LogP contribution is 2.09. The van der Waals surface area contributed by atoms with Crippen LogP contribution >= 0.6 is 0 Å². The zero-order valence-electron chi connectivity index (χ0n) is 12.8. The predicted octanol–water partition coefficient (Wildman–Crippen LogP) is 1.87. The number of carbonyl (C=O) groups excluding carboxylic acids is 1. The zero-order valence-corrected chi connectivity index (χ0v) is 12.8. The maximum Gasteiger partial charge on any atom is 0.223 e.